The van der Waals surface area contributed by atoms with Gasteiger partial charge in [0.15, 0.2) is 5.82 Å². The van der Waals surface area contributed by atoms with Gasteiger partial charge >= 0.3 is 5.97 Å². The van der Waals surface area contributed by atoms with Crippen molar-refractivity contribution < 1.29 is 35.5 Å². The van der Waals surface area contributed by atoms with Crippen molar-refractivity contribution in [2.24, 2.45) is 0 Å². The van der Waals surface area contributed by atoms with Gasteiger partial charge in [0.25, 0.3) is 11.3 Å². The lowest BCUT2D eigenvalue weighted by atomic mass is 10.1. The number of carbonyl (C=O) groups is 1. The number of esters is 1. The van der Waals surface area contributed by atoms with E-state index in [2.05, 4.69) is 4.74 Å². The van der Waals surface area contributed by atoms with Crippen LogP contribution in [0.2, 0.25) is 0 Å². The fraction of sp³-hybridized carbons (Fsp3) is 0.500. The van der Waals surface area contributed by atoms with Crippen molar-refractivity contribution in [3.8, 4) is 0 Å². The average molecular weight is 399 g/mol. The smallest absolute Gasteiger partial charge is 0.341 e. The summed E-state index contributed by atoms with van der Waals surface area (Å²) in [6, 6.07) is 1.26. The van der Waals surface area contributed by atoms with Crippen LogP contribution in [0.4, 0.5) is 14.5 Å². The minimum Gasteiger partial charge on any atom is -0.465 e. The molecule has 0 fully saturated rings. The molecule has 0 aliphatic heterocycles. The van der Waals surface area contributed by atoms with Gasteiger partial charge in [0, 0.05) is 18.4 Å². The predicted octanol–water partition coefficient (Wildman–Crippen LogP) is 1.91. The number of nitrogens with zero attached hydrogens (tertiary/aromatic N) is 1. The minimum atomic E-state index is -3.33. The van der Waals surface area contributed by atoms with Crippen LogP contribution in [0.3, 0.4) is 0 Å². The van der Waals surface area contributed by atoms with E-state index in [1.807, 2.05) is 0 Å². The van der Waals surface area contributed by atoms with Gasteiger partial charge in [0.05, 0.1) is 18.6 Å². The number of hydrogen-bond donors (Lipinski definition) is 1. The average Bonchev–Trinajstić information content (AvgIpc) is 2.52. The van der Waals surface area contributed by atoms with E-state index < -0.39 is 50.0 Å². The lowest BCUT2D eigenvalue weighted by Gasteiger charge is -2.21. The molecule has 0 saturated heterocycles. The first-order valence-electron chi connectivity index (χ1n) is 7.29. The van der Waals surface area contributed by atoms with E-state index >= 15 is 0 Å². The quantitative estimate of drug-likeness (QED) is 0.503. The molecule has 1 N–H and O–H groups in total. The molecule has 0 saturated carbocycles. The molecule has 0 bridgehead atoms. The second kappa shape index (κ2) is 9.20. The Morgan fingerprint density at radius 3 is 2.48 bits per heavy atom. The lowest BCUT2D eigenvalue weighted by Crippen LogP contribution is -2.29. The highest BCUT2D eigenvalue weighted by atomic mass is 32.2. The highest BCUT2D eigenvalue weighted by molar-refractivity contribution is 7.91. The van der Waals surface area contributed by atoms with Gasteiger partial charge in [-0.1, -0.05) is 6.92 Å². The third-order valence-electron chi connectivity index (χ3n) is 3.21. The van der Waals surface area contributed by atoms with Crippen molar-refractivity contribution in [1.82, 2.24) is 0 Å². The van der Waals surface area contributed by atoms with Crippen LogP contribution in [0, 0.1) is 11.6 Å². The molecule has 0 amide bonds. The van der Waals surface area contributed by atoms with E-state index in [9.17, 15) is 30.8 Å². The highest BCUT2D eigenvalue weighted by Crippen LogP contribution is 2.26. The summed E-state index contributed by atoms with van der Waals surface area (Å²) in [5, 5.41) is 0. The van der Waals surface area contributed by atoms with E-state index in [1.54, 1.807) is 6.92 Å². The molecule has 0 aliphatic rings. The first-order valence-corrected chi connectivity index (χ1v) is 10.2. The molecule has 1 unspecified atom stereocenters. The third-order valence-corrected chi connectivity index (χ3v) is 5.91. The number of ether oxygens (including phenoxy) is 1. The van der Waals surface area contributed by atoms with Crippen LogP contribution >= 0.6 is 0 Å². The molecular weight excluding hydrogens is 380 g/mol. The first-order chi connectivity index (χ1) is 11.6. The summed E-state index contributed by atoms with van der Waals surface area (Å²) in [7, 11) is -2.35. The molecule has 0 aliphatic carbocycles. The summed E-state index contributed by atoms with van der Waals surface area (Å²) in [6.45, 7) is 1.37. The molecule has 0 spiro atoms. The van der Waals surface area contributed by atoms with Crippen LogP contribution < -0.4 is 4.31 Å². The Hall–Kier alpha value is -1.59. The zero-order valence-corrected chi connectivity index (χ0v) is 15.3. The number of benzene rings is 1. The zero-order valence-electron chi connectivity index (χ0n) is 13.7. The molecular formula is C14H19F2NO6S2. The fourth-order valence-corrected chi connectivity index (χ4v) is 4.12. The van der Waals surface area contributed by atoms with Crippen LogP contribution in [-0.2, 0) is 25.8 Å². The first kappa shape index (κ1) is 21.5. The van der Waals surface area contributed by atoms with Gasteiger partial charge < -0.3 is 4.74 Å². The molecule has 25 heavy (non-hydrogen) atoms. The Balaban J connectivity index is 3.09. The number of hydrogen-bond acceptors (Lipinski definition) is 5. The van der Waals surface area contributed by atoms with Gasteiger partial charge in [-0.25, -0.2) is 26.2 Å². The molecule has 1 atom stereocenters. The topological polar surface area (TPSA) is 101 Å². The monoisotopic (exact) mass is 399 g/mol. The van der Waals surface area contributed by atoms with Gasteiger partial charge in [-0.2, -0.15) is 0 Å². The second-order valence-electron chi connectivity index (χ2n) is 5.12. The van der Waals surface area contributed by atoms with Crippen LogP contribution in [0.5, 0.6) is 0 Å². The van der Waals surface area contributed by atoms with Crippen molar-refractivity contribution in [3.05, 3.63) is 29.3 Å². The lowest BCUT2D eigenvalue weighted by molar-refractivity contribution is 0.0595. The van der Waals surface area contributed by atoms with Gasteiger partial charge in [-0.05, 0) is 18.9 Å². The highest BCUT2D eigenvalue weighted by Gasteiger charge is 2.24. The van der Waals surface area contributed by atoms with Crippen molar-refractivity contribution in [2.75, 3.05) is 29.5 Å². The van der Waals surface area contributed by atoms with Gasteiger partial charge in [-0.3, -0.25) is 8.86 Å². The summed E-state index contributed by atoms with van der Waals surface area (Å²) < 4.78 is 77.1. The minimum absolute atomic E-state index is 0.0317. The van der Waals surface area contributed by atoms with Gasteiger partial charge in [0.2, 0.25) is 0 Å². The number of anilines is 1. The summed E-state index contributed by atoms with van der Waals surface area (Å²) >= 11 is -2.75. The molecule has 142 valence electrons. The molecule has 1 aromatic rings. The Bertz CT molecular complexity index is 754. The molecule has 0 aromatic heterocycles. The van der Waals surface area contributed by atoms with Crippen molar-refractivity contribution in [1.29, 1.82) is 0 Å². The standard InChI is InChI=1S/C14H19F2NO6S2/c1-3-6-25(21,22)7-4-5-17(24(19)20)12-9-10(15)8-11(13(12)16)14(18)23-2/h8-9H,3-7H2,1-2H3,(H,19,20). The maximum absolute atomic E-state index is 14.4. The Morgan fingerprint density at radius 1 is 1.32 bits per heavy atom. The van der Waals surface area contributed by atoms with Crippen LogP contribution in [0.25, 0.3) is 0 Å². The number of carbonyl (C=O) groups excluding carboxylic acids is 1. The van der Waals surface area contributed by atoms with Crippen molar-refractivity contribution in [2.45, 2.75) is 19.8 Å². The van der Waals surface area contributed by atoms with Gasteiger partial charge in [0.1, 0.15) is 21.2 Å². The number of rotatable bonds is 9. The number of sulfone groups is 1. The molecule has 1 aromatic carbocycles. The van der Waals surface area contributed by atoms with E-state index in [0.29, 0.717) is 22.9 Å². The number of halogens is 2. The predicted molar refractivity (Wildman–Crippen MR) is 89.4 cm³/mol. The Morgan fingerprint density at radius 2 is 1.96 bits per heavy atom. The van der Waals surface area contributed by atoms with E-state index in [4.69, 9.17) is 0 Å². The van der Waals surface area contributed by atoms with E-state index in [1.165, 1.54) is 0 Å². The molecule has 0 heterocycles. The van der Waals surface area contributed by atoms with Crippen LogP contribution in [-0.4, -0.2) is 48.3 Å². The van der Waals surface area contributed by atoms with Crippen molar-refractivity contribution >= 4 is 32.8 Å². The largest absolute Gasteiger partial charge is 0.465 e. The summed E-state index contributed by atoms with van der Waals surface area (Å²) in [5.41, 5.74) is -1.36. The van der Waals surface area contributed by atoms with Crippen LogP contribution in [0.1, 0.15) is 30.1 Å². The second-order valence-corrected chi connectivity index (χ2v) is 8.32. The summed E-state index contributed by atoms with van der Waals surface area (Å²) in [4.78, 5) is 11.5. The van der Waals surface area contributed by atoms with Crippen molar-refractivity contribution in [3.63, 3.8) is 0 Å². The van der Waals surface area contributed by atoms with Crippen LogP contribution in [0.15, 0.2) is 12.1 Å². The zero-order chi connectivity index (χ0) is 19.2. The van der Waals surface area contributed by atoms with Gasteiger partial charge in [-0.15, -0.1) is 0 Å². The Kier molecular flexibility index (Phi) is 7.90. The molecule has 7 nitrogen and oxygen atoms in total. The fourth-order valence-electron chi connectivity index (χ4n) is 2.14. The molecule has 11 heteroatoms. The SMILES string of the molecule is CCCS(=O)(=O)CCCN(c1cc(F)cc(C(=O)OC)c1F)S(=O)O. The third kappa shape index (κ3) is 6.01. The molecule has 0 radical (unpaired) electrons. The summed E-state index contributed by atoms with van der Waals surface area (Å²) in [6.07, 6.45) is 0.358. The van der Waals surface area contributed by atoms with E-state index in [0.717, 1.165) is 7.11 Å². The summed E-state index contributed by atoms with van der Waals surface area (Å²) in [5.74, 6) is -3.68. The van der Waals surface area contributed by atoms with E-state index in [-0.39, 0.29) is 24.5 Å². The molecule has 1 rings (SSSR count). The maximum atomic E-state index is 14.4. The Labute approximate surface area is 147 Å². The normalized spacial score (nSPS) is 12.7. The maximum Gasteiger partial charge on any atom is 0.341 e. The number of methoxy groups -OCH3 is 1.